The molecule has 0 spiro atoms. The van der Waals surface area contributed by atoms with Gasteiger partial charge in [-0.15, -0.1) is 0 Å². The van der Waals surface area contributed by atoms with Gasteiger partial charge in [0.1, 0.15) is 11.6 Å². The summed E-state index contributed by atoms with van der Waals surface area (Å²) in [5.74, 6) is -0.591. The molecular formula is C16H21N5O4. The third kappa shape index (κ3) is 3.65. The summed E-state index contributed by atoms with van der Waals surface area (Å²) in [6, 6.07) is 2.69. The number of carboxylic acids is 1. The van der Waals surface area contributed by atoms with Crippen molar-refractivity contribution in [3.8, 4) is 0 Å². The fraction of sp³-hybridized carbons (Fsp3) is 0.500. The van der Waals surface area contributed by atoms with Crippen molar-refractivity contribution in [3.05, 3.63) is 18.3 Å². The summed E-state index contributed by atoms with van der Waals surface area (Å²) in [4.78, 5) is 38.6. The number of fused-ring (bicyclic) bond motifs is 1. The van der Waals surface area contributed by atoms with Crippen molar-refractivity contribution in [1.29, 1.82) is 0 Å². The van der Waals surface area contributed by atoms with Crippen LogP contribution in [0.5, 0.6) is 0 Å². The standard InChI is InChI=1S/C16H21N5O4/c1-16(2,3)25-15(24)20-7-8-21(11(9-20)13(22)23)14-18-10-5-4-6-17-12(10)19-14/h4-6,11H,7-9H2,1-3H3,(H,22,23)(H,17,18,19). The van der Waals surface area contributed by atoms with Crippen LogP contribution >= 0.6 is 0 Å². The molecule has 9 nitrogen and oxygen atoms in total. The van der Waals surface area contributed by atoms with Gasteiger partial charge in [0.15, 0.2) is 5.65 Å². The highest BCUT2D eigenvalue weighted by Gasteiger charge is 2.37. The molecule has 1 atom stereocenters. The zero-order valence-electron chi connectivity index (χ0n) is 14.4. The van der Waals surface area contributed by atoms with Crippen LogP contribution in [0.15, 0.2) is 18.3 Å². The first-order chi connectivity index (χ1) is 11.7. The Hall–Kier alpha value is -2.84. The molecule has 25 heavy (non-hydrogen) atoms. The van der Waals surface area contributed by atoms with Gasteiger partial charge < -0.3 is 24.6 Å². The number of aromatic amines is 1. The molecule has 9 heteroatoms. The van der Waals surface area contributed by atoms with Gasteiger partial charge in [0.2, 0.25) is 5.95 Å². The van der Waals surface area contributed by atoms with Gasteiger partial charge in [-0.05, 0) is 32.9 Å². The highest BCUT2D eigenvalue weighted by Crippen LogP contribution is 2.22. The van der Waals surface area contributed by atoms with E-state index in [4.69, 9.17) is 4.74 Å². The van der Waals surface area contributed by atoms with E-state index in [0.717, 1.165) is 5.52 Å². The average molecular weight is 347 g/mol. The molecule has 2 N–H and O–H groups in total. The molecule has 1 fully saturated rings. The Kier molecular flexibility index (Phi) is 4.23. The summed E-state index contributed by atoms with van der Waals surface area (Å²) in [6.07, 6.45) is 1.12. The van der Waals surface area contributed by atoms with E-state index in [-0.39, 0.29) is 6.54 Å². The van der Waals surface area contributed by atoms with Crippen molar-refractivity contribution in [2.45, 2.75) is 32.4 Å². The number of amides is 1. The molecule has 2 aromatic rings. The van der Waals surface area contributed by atoms with E-state index in [2.05, 4.69) is 15.0 Å². The smallest absolute Gasteiger partial charge is 0.410 e. The lowest BCUT2D eigenvalue weighted by molar-refractivity contribution is -0.139. The fourth-order valence-corrected chi connectivity index (χ4v) is 2.71. The normalized spacial score (nSPS) is 18.4. The quantitative estimate of drug-likeness (QED) is 0.846. The zero-order valence-corrected chi connectivity index (χ0v) is 14.4. The van der Waals surface area contributed by atoms with Crippen molar-refractivity contribution < 1.29 is 19.4 Å². The lowest BCUT2D eigenvalue weighted by atomic mass is 10.1. The molecule has 1 amide bonds. The van der Waals surface area contributed by atoms with Crippen LogP contribution in [0.4, 0.5) is 10.7 Å². The second-order valence-corrected chi connectivity index (χ2v) is 6.91. The van der Waals surface area contributed by atoms with E-state index >= 15 is 0 Å². The summed E-state index contributed by atoms with van der Waals surface area (Å²) in [7, 11) is 0. The highest BCUT2D eigenvalue weighted by molar-refractivity contribution is 5.81. The summed E-state index contributed by atoms with van der Waals surface area (Å²) in [5.41, 5.74) is 0.629. The molecule has 1 aliphatic rings. The number of rotatable bonds is 2. The van der Waals surface area contributed by atoms with Gasteiger partial charge >= 0.3 is 12.1 Å². The SMILES string of the molecule is CC(C)(C)OC(=O)N1CCN(c2nc3ncccc3[nH]2)C(C(=O)O)C1. The van der Waals surface area contributed by atoms with Crippen LogP contribution in [-0.4, -0.2) is 68.3 Å². The first-order valence-electron chi connectivity index (χ1n) is 8.03. The predicted molar refractivity (Wildman–Crippen MR) is 90.5 cm³/mol. The number of anilines is 1. The molecule has 0 aliphatic carbocycles. The molecule has 2 aromatic heterocycles. The monoisotopic (exact) mass is 347 g/mol. The van der Waals surface area contributed by atoms with Gasteiger partial charge in [0.25, 0.3) is 0 Å². The molecular weight excluding hydrogens is 326 g/mol. The fourth-order valence-electron chi connectivity index (χ4n) is 2.71. The highest BCUT2D eigenvalue weighted by atomic mass is 16.6. The molecule has 0 aromatic carbocycles. The maximum Gasteiger partial charge on any atom is 0.410 e. The minimum atomic E-state index is -1.03. The van der Waals surface area contributed by atoms with Gasteiger partial charge in [-0.2, -0.15) is 4.98 Å². The van der Waals surface area contributed by atoms with Gasteiger partial charge in [0, 0.05) is 19.3 Å². The Morgan fingerprint density at radius 3 is 2.76 bits per heavy atom. The zero-order chi connectivity index (χ0) is 18.2. The van der Waals surface area contributed by atoms with E-state index in [0.29, 0.717) is 24.7 Å². The summed E-state index contributed by atoms with van der Waals surface area (Å²) < 4.78 is 5.34. The number of hydrogen-bond acceptors (Lipinski definition) is 6. The van der Waals surface area contributed by atoms with Gasteiger partial charge in [0.05, 0.1) is 12.1 Å². The van der Waals surface area contributed by atoms with Crippen molar-refractivity contribution >= 4 is 29.2 Å². The van der Waals surface area contributed by atoms with Crippen LogP contribution in [-0.2, 0) is 9.53 Å². The number of pyridine rings is 1. The second kappa shape index (κ2) is 6.23. The number of aliphatic carboxylic acids is 1. The maximum absolute atomic E-state index is 12.2. The first kappa shape index (κ1) is 17.0. The lowest BCUT2D eigenvalue weighted by Gasteiger charge is -2.39. The summed E-state index contributed by atoms with van der Waals surface area (Å²) in [5, 5.41) is 9.60. The number of nitrogens with zero attached hydrogens (tertiary/aromatic N) is 4. The van der Waals surface area contributed by atoms with Gasteiger partial charge in [-0.25, -0.2) is 14.6 Å². The van der Waals surface area contributed by atoms with E-state index in [1.807, 2.05) is 6.07 Å². The summed E-state index contributed by atoms with van der Waals surface area (Å²) >= 11 is 0. The number of carbonyl (C=O) groups excluding carboxylic acids is 1. The van der Waals surface area contributed by atoms with Crippen molar-refractivity contribution in [2.24, 2.45) is 0 Å². The van der Waals surface area contributed by atoms with Crippen LogP contribution in [0.1, 0.15) is 20.8 Å². The van der Waals surface area contributed by atoms with Crippen LogP contribution in [0.25, 0.3) is 11.2 Å². The van der Waals surface area contributed by atoms with Crippen LogP contribution in [0.2, 0.25) is 0 Å². The molecule has 0 bridgehead atoms. The summed E-state index contributed by atoms with van der Waals surface area (Å²) in [6.45, 7) is 6.03. The topological polar surface area (TPSA) is 112 Å². The van der Waals surface area contributed by atoms with Crippen LogP contribution in [0.3, 0.4) is 0 Å². The number of imidazole rings is 1. The second-order valence-electron chi connectivity index (χ2n) is 6.91. The first-order valence-corrected chi connectivity index (χ1v) is 8.03. The minimum absolute atomic E-state index is 0.0225. The molecule has 3 heterocycles. The third-order valence-corrected chi connectivity index (χ3v) is 3.83. The number of carboxylic acid groups (broad SMARTS) is 1. The molecule has 1 aliphatic heterocycles. The number of nitrogens with one attached hydrogen (secondary N) is 1. The van der Waals surface area contributed by atoms with Crippen molar-refractivity contribution in [1.82, 2.24) is 19.9 Å². The number of carbonyl (C=O) groups is 2. The Balaban J connectivity index is 1.80. The van der Waals surface area contributed by atoms with Crippen LogP contribution in [0, 0.1) is 0 Å². The van der Waals surface area contributed by atoms with Crippen LogP contribution < -0.4 is 4.90 Å². The molecule has 3 rings (SSSR count). The van der Waals surface area contributed by atoms with E-state index in [1.165, 1.54) is 4.90 Å². The largest absolute Gasteiger partial charge is 0.480 e. The number of ether oxygens (including phenoxy) is 1. The Bertz CT molecular complexity index is 764. The molecule has 0 radical (unpaired) electrons. The maximum atomic E-state index is 12.2. The molecule has 1 saturated heterocycles. The van der Waals surface area contributed by atoms with Crippen molar-refractivity contribution in [3.63, 3.8) is 0 Å². The average Bonchev–Trinajstić information content (AvgIpc) is 2.96. The molecule has 1 unspecified atom stereocenters. The van der Waals surface area contributed by atoms with Crippen molar-refractivity contribution in [2.75, 3.05) is 24.5 Å². The Morgan fingerprint density at radius 1 is 1.36 bits per heavy atom. The Morgan fingerprint density at radius 2 is 2.12 bits per heavy atom. The number of aromatic nitrogens is 3. The van der Waals surface area contributed by atoms with Gasteiger partial charge in [-0.3, -0.25) is 0 Å². The lowest BCUT2D eigenvalue weighted by Crippen LogP contribution is -2.58. The van der Waals surface area contributed by atoms with E-state index < -0.39 is 23.7 Å². The molecule has 0 saturated carbocycles. The Labute approximate surface area is 144 Å². The molecule has 134 valence electrons. The number of H-pyrrole nitrogens is 1. The van der Waals surface area contributed by atoms with Gasteiger partial charge in [-0.1, -0.05) is 0 Å². The van der Waals surface area contributed by atoms with E-state index in [9.17, 15) is 14.7 Å². The number of hydrogen-bond donors (Lipinski definition) is 2. The predicted octanol–water partition coefficient (Wildman–Crippen LogP) is 1.47. The third-order valence-electron chi connectivity index (χ3n) is 3.83. The minimum Gasteiger partial charge on any atom is -0.480 e. The number of piperazine rings is 1. The van der Waals surface area contributed by atoms with E-state index in [1.54, 1.807) is 37.9 Å².